The largest absolute Gasteiger partial charge is 0.310 e. The average molecular weight is 360 g/mol. The van der Waals surface area contributed by atoms with Crippen molar-refractivity contribution in [2.75, 3.05) is 18.4 Å². The van der Waals surface area contributed by atoms with E-state index in [9.17, 15) is 4.79 Å². The van der Waals surface area contributed by atoms with Gasteiger partial charge in [-0.25, -0.2) is 4.98 Å². The summed E-state index contributed by atoms with van der Waals surface area (Å²) in [6.45, 7) is 4.70. The van der Waals surface area contributed by atoms with Gasteiger partial charge in [0.2, 0.25) is 5.91 Å². The standard InChI is InChI=1S/C22H24N4O/c1-16-7-8-20(24-14-16)25-22(27)18-9-12-26(13-10-18)15-19-5-2-4-17-6-3-11-23-21(17)19/h2-8,11,14,18H,9-10,12-13,15H2,1H3,(H,24,25,27). The van der Waals surface area contributed by atoms with Gasteiger partial charge in [0, 0.05) is 30.2 Å². The van der Waals surface area contributed by atoms with Crippen LogP contribution >= 0.6 is 0 Å². The third-order valence-electron chi connectivity index (χ3n) is 5.23. The number of carbonyl (C=O) groups is 1. The first-order chi connectivity index (χ1) is 13.2. The van der Waals surface area contributed by atoms with Crippen LogP contribution in [0, 0.1) is 12.8 Å². The number of benzene rings is 1. The number of rotatable bonds is 4. The maximum atomic E-state index is 12.5. The Morgan fingerprint density at radius 2 is 1.93 bits per heavy atom. The average Bonchev–Trinajstić information content (AvgIpc) is 2.70. The molecule has 0 spiro atoms. The fourth-order valence-corrected chi connectivity index (χ4v) is 3.66. The SMILES string of the molecule is Cc1ccc(NC(=O)C2CCN(Cc3cccc4cccnc34)CC2)nc1. The summed E-state index contributed by atoms with van der Waals surface area (Å²) in [5, 5.41) is 4.12. The topological polar surface area (TPSA) is 58.1 Å². The molecule has 138 valence electrons. The number of aryl methyl sites for hydroxylation is 1. The minimum atomic E-state index is 0.0509. The maximum absolute atomic E-state index is 12.5. The van der Waals surface area contributed by atoms with E-state index < -0.39 is 0 Å². The Morgan fingerprint density at radius 3 is 2.70 bits per heavy atom. The third-order valence-corrected chi connectivity index (χ3v) is 5.23. The summed E-state index contributed by atoms with van der Waals surface area (Å²) in [4.78, 5) is 23.7. The second-order valence-corrected chi connectivity index (χ2v) is 7.25. The lowest BCUT2D eigenvalue weighted by molar-refractivity contribution is -0.121. The van der Waals surface area contributed by atoms with Gasteiger partial charge in [-0.2, -0.15) is 0 Å². The molecule has 3 aromatic rings. The van der Waals surface area contributed by atoms with E-state index in [1.54, 1.807) is 6.20 Å². The second-order valence-electron chi connectivity index (χ2n) is 7.25. The van der Waals surface area contributed by atoms with Crippen molar-refractivity contribution in [2.45, 2.75) is 26.3 Å². The van der Waals surface area contributed by atoms with Crippen LogP contribution in [0.2, 0.25) is 0 Å². The van der Waals surface area contributed by atoms with E-state index in [0.717, 1.165) is 43.6 Å². The molecule has 0 atom stereocenters. The van der Waals surface area contributed by atoms with E-state index in [2.05, 4.69) is 44.5 Å². The molecule has 1 aliphatic rings. The van der Waals surface area contributed by atoms with Gasteiger partial charge in [-0.15, -0.1) is 0 Å². The summed E-state index contributed by atoms with van der Waals surface area (Å²) in [5.74, 6) is 0.766. The molecule has 27 heavy (non-hydrogen) atoms. The van der Waals surface area contributed by atoms with Gasteiger partial charge in [0.1, 0.15) is 5.82 Å². The number of amides is 1. The first-order valence-corrected chi connectivity index (χ1v) is 9.47. The Hall–Kier alpha value is -2.79. The normalized spacial score (nSPS) is 15.7. The number of carbonyl (C=O) groups excluding carboxylic acids is 1. The summed E-state index contributed by atoms with van der Waals surface area (Å²) in [6, 6.07) is 14.2. The quantitative estimate of drug-likeness (QED) is 0.769. The van der Waals surface area contributed by atoms with Crippen LogP contribution in [0.1, 0.15) is 24.0 Å². The highest BCUT2D eigenvalue weighted by atomic mass is 16.1. The van der Waals surface area contributed by atoms with Crippen LogP contribution in [0.25, 0.3) is 10.9 Å². The molecular formula is C22H24N4O. The second kappa shape index (κ2) is 7.84. The number of hydrogen-bond acceptors (Lipinski definition) is 4. The summed E-state index contributed by atoms with van der Waals surface area (Å²) in [7, 11) is 0. The predicted octanol–water partition coefficient (Wildman–Crippen LogP) is 3.79. The lowest BCUT2D eigenvalue weighted by Crippen LogP contribution is -2.37. The minimum absolute atomic E-state index is 0.0509. The predicted molar refractivity (Wildman–Crippen MR) is 107 cm³/mol. The number of para-hydroxylation sites is 1. The molecule has 0 aliphatic carbocycles. The molecular weight excluding hydrogens is 336 g/mol. The Morgan fingerprint density at radius 1 is 1.11 bits per heavy atom. The molecule has 0 radical (unpaired) electrons. The number of anilines is 1. The number of hydrogen-bond donors (Lipinski definition) is 1. The van der Waals surface area contributed by atoms with E-state index in [4.69, 9.17) is 0 Å². The zero-order valence-corrected chi connectivity index (χ0v) is 15.6. The maximum Gasteiger partial charge on any atom is 0.228 e. The number of likely N-dealkylation sites (tertiary alicyclic amines) is 1. The van der Waals surface area contributed by atoms with E-state index in [-0.39, 0.29) is 11.8 Å². The van der Waals surface area contributed by atoms with Crippen LogP contribution in [0.3, 0.4) is 0 Å². The fraction of sp³-hybridized carbons (Fsp3) is 0.318. The van der Waals surface area contributed by atoms with Crippen LogP contribution < -0.4 is 5.32 Å². The van der Waals surface area contributed by atoms with Crippen LogP contribution in [0.15, 0.2) is 54.9 Å². The summed E-state index contributed by atoms with van der Waals surface area (Å²) >= 11 is 0. The van der Waals surface area contributed by atoms with Crippen molar-refractivity contribution >= 4 is 22.6 Å². The number of aromatic nitrogens is 2. The van der Waals surface area contributed by atoms with Crippen molar-refractivity contribution in [3.8, 4) is 0 Å². The van der Waals surface area contributed by atoms with Gasteiger partial charge in [-0.1, -0.05) is 30.3 Å². The molecule has 5 nitrogen and oxygen atoms in total. The van der Waals surface area contributed by atoms with Crippen molar-refractivity contribution in [3.05, 3.63) is 66.0 Å². The van der Waals surface area contributed by atoms with Gasteiger partial charge in [0.15, 0.2) is 0 Å². The minimum Gasteiger partial charge on any atom is -0.310 e. The Balaban J connectivity index is 1.34. The van der Waals surface area contributed by atoms with Crippen LogP contribution in [0.4, 0.5) is 5.82 Å². The lowest BCUT2D eigenvalue weighted by Gasteiger charge is -2.31. The van der Waals surface area contributed by atoms with Gasteiger partial charge in [0.25, 0.3) is 0 Å². The van der Waals surface area contributed by atoms with E-state index >= 15 is 0 Å². The van der Waals surface area contributed by atoms with Gasteiger partial charge >= 0.3 is 0 Å². The molecule has 2 aromatic heterocycles. The van der Waals surface area contributed by atoms with Crippen molar-refractivity contribution in [1.82, 2.24) is 14.9 Å². The molecule has 1 aliphatic heterocycles. The highest BCUT2D eigenvalue weighted by Crippen LogP contribution is 2.23. The number of fused-ring (bicyclic) bond motifs is 1. The first kappa shape index (κ1) is 17.6. The summed E-state index contributed by atoms with van der Waals surface area (Å²) < 4.78 is 0. The molecule has 5 heteroatoms. The van der Waals surface area contributed by atoms with E-state index in [1.165, 1.54) is 10.9 Å². The zero-order chi connectivity index (χ0) is 18.6. The Labute approximate surface area is 159 Å². The molecule has 1 aromatic carbocycles. The number of piperidine rings is 1. The van der Waals surface area contributed by atoms with Gasteiger partial charge < -0.3 is 5.32 Å². The zero-order valence-electron chi connectivity index (χ0n) is 15.6. The smallest absolute Gasteiger partial charge is 0.228 e. The van der Waals surface area contributed by atoms with Crippen LogP contribution in [-0.2, 0) is 11.3 Å². The Kier molecular flexibility index (Phi) is 5.12. The molecule has 0 saturated carbocycles. The van der Waals surface area contributed by atoms with Crippen molar-refractivity contribution in [3.63, 3.8) is 0 Å². The van der Waals surface area contributed by atoms with Gasteiger partial charge in [-0.3, -0.25) is 14.7 Å². The molecule has 0 unspecified atom stereocenters. The highest BCUT2D eigenvalue weighted by molar-refractivity contribution is 5.91. The van der Waals surface area contributed by atoms with Crippen molar-refractivity contribution < 1.29 is 4.79 Å². The van der Waals surface area contributed by atoms with Crippen LogP contribution in [0.5, 0.6) is 0 Å². The van der Waals surface area contributed by atoms with E-state index in [1.807, 2.05) is 31.3 Å². The van der Waals surface area contributed by atoms with Crippen molar-refractivity contribution in [1.29, 1.82) is 0 Å². The molecule has 0 bridgehead atoms. The van der Waals surface area contributed by atoms with Gasteiger partial charge in [-0.05, 0) is 56.1 Å². The summed E-state index contributed by atoms with van der Waals surface area (Å²) in [6.07, 6.45) is 5.36. The molecule has 4 rings (SSSR count). The highest BCUT2D eigenvalue weighted by Gasteiger charge is 2.25. The monoisotopic (exact) mass is 360 g/mol. The number of nitrogens with one attached hydrogen (secondary N) is 1. The molecule has 1 fully saturated rings. The molecule has 1 N–H and O–H groups in total. The molecule has 1 amide bonds. The van der Waals surface area contributed by atoms with Crippen molar-refractivity contribution in [2.24, 2.45) is 5.92 Å². The van der Waals surface area contributed by atoms with E-state index in [0.29, 0.717) is 5.82 Å². The fourth-order valence-electron chi connectivity index (χ4n) is 3.66. The third kappa shape index (κ3) is 4.14. The Bertz CT molecular complexity index is 925. The lowest BCUT2D eigenvalue weighted by atomic mass is 9.95. The molecule has 1 saturated heterocycles. The van der Waals surface area contributed by atoms with Gasteiger partial charge in [0.05, 0.1) is 5.52 Å². The molecule has 3 heterocycles. The number of pyridine rings is 2. The number of nitrogens with zero attached hydrogens (tertiary/aromatic N) is 3. The summed E-state index contributed by atoms with van der Waals surface area (Å²) in [5.41, 5.74) is 3.41. The first-order valence-electron chi connectivity index (χ1n) is 9.47. The van der Waals surface area contributed by atoms with Crippen LogP contribution in [-0.4, -0.2) is 33.9 Å².